The van der Waals surface area contributed by atoms with Gasteiger partial charge in [0, 0.05) is 12.5 Å². The first-order chi connectivity index (χ1) is 13.9. The Hall–Kier alpha value is -2.75. The molecule has 0 bridgehead atoms. The summed E-state index contributed by atoms with van der Waals surface area (Å²) in [6, 6.07) is 9.04. The van der Waals surface area contributed by atoms with Crippen LogP contribution in [0.4, 0.5) is 13.2 Å². The van der Waals surface area contributed by atoms with E-state index in [4.69, 9.17) is 4.74 Å². The second-order valence-corrected chi connectivity index (χ2v) is 6.90. The Morgan fingerprint density at radius 3 is 2.31 bits per heavy atom. The zero-order valence-electron chi connectivity index (χ0n) is 17.2. The molecule has 1 nitrogen and oxygen atoms in total. The minimum Gasteiger partial charge on any atom is -0.497 e. The molecule has 0 radical (unpaired) electrons. The maximum atomic E-state index is 14.3. The maximum absolute atomic E-state index is 14.3. The summed E-state index contributed by atoms with van der Waals surface area (Å²) in [5.41, 5.74) is 3.57. The Labute approximate surface area is 171 Å². The quantitative estimate of drug-likeness (QED) is 0.335. The number of aryl methyl sites for hydroxylation is 4. The van der Waals surface area contributed by atoms with Gasteiger partial charge in [-0.3, -0.25) is 0 Å². The number of methoxy groups -OCH3 is 1. The maximum Gasteiger partial charge on any atom is 0.162 e. The van der Waals surface area contributed by atoms with E-state index in [9.17, 15) is 13.2 Å². The van der Waals surface area contributed by atoms with Crippen molar-refractivity contribution < 1.29 is 17.9 Å². The summed E-state index contributed by atoms with van der Waals surface area (Å²) in [5.74, 6) is -1.43. The van der Waals surface area contributed by atoms with Gasteiger partial charge in [0.2, 0.25) is 0 Å². The monoisotopic (exact) mass is 400 g/mol. The van der Waals surface area contributed by atoms with E-state index in [2.05, 4.69) is 6.58 Å². The van der Waals surface area contributed by atoms with Gasteiger partial charge in [0.05, 0.1) is 7.11 Å². The van der Waals surface area contributed by atoms with Crippen LogP contribution in [0.3, 0.4) is 0 Å². The van der Waals surface area contributed by atoms with Crippen LogP contribution in [0.2, 0.25) is 0 Å². The molecule has 0 aliphatic carbocycles. The number of halogens is 3. The summed E-state index contributed by atoms with van der Waals surface area (Å²) >= 11 is 0. The molecule has 2 rings (SSSR count). The number of hydrogen-bond donors (Lipinski definition) is 0. The third kappa shape index (κ3) is 6.11. The Morgan fingerprint density at radius 1 is 1.03 bits per heavy atom. The lowest BCUT2D eigenvalue weighted by Gasteiger charge is -2.10. The number of allylic oxidation sites excluding steroid dienone is 4. The fraction of sp³-hybridized carbons (Fsp3) is 0.280. The fourth-order valence-electron chi connectivity index (χ4n) is 3.16. The average Bonchev–Trinajstić information content (AvgIpc) is 2.70. The third-order valence-electron chi connectivity index (χ3n) is 4.89. The van der Waals surface area contributed by atoms with Crippen molar-refractivity contribution in [2.75, 3.05) is 7.11 Å². The molecule has 0 fully saturated rings. The summed E-state index contributed by atoms with van der Waals surface area (Å²) < 4.78 is 47.5. The average molecular weight is 400 g/mol. The lowest BCUT2D eigenvalue weighted by atomic mass is 9.97. The van der Waals surface area contributed by atoms with Gasteiger partial charge in [-0.2, -0.15) is 0 Å². The van der Waals surface area contributed by atoms with Crippen LogP contribution >= 0.6 is 0 Å². The molecule has 154 valence electrons. The second-order valence-electron chi connectivity index (χ2n) is 6.90. The molecule has 0 saturated carbocycles. The predicted octanol–water partition coefficient (Wildman–Crippen LogP) is 6.73. The van der Waals surface area contributed by atoms with Crippen molar-refractivity contribution in [1.29, 1.82) is 0 Å². The summed E-state index contributed by atoms with van der Waals surface area (Å²) in [6.07, 6.45) is 6.07. The summed E-state index contributed by atoms with van der Waals surface area (Å²) in [4.78, 5) is 0. The molecule has 0 heterocycles. The predicted molar refractivity (Wildman–Crippen MR) is 113 cm³/mol. The molecule has 0 aliphatic heterocycles. The standard InChI is InChI=1S/C25H27F3O/c1-5-7-23(29-4)16-22(26)15-21-11-9-18(14-17(21)3)8-10-20-13-12-19(6-2)24(27)25(20)28/h5,7,9,11-14,16H,1,6,8,10,15H2,2-4H3/b22-16+,23-7+. The molecule has 0 amide bonds. The van der Waals surface area contributed by atoms with Crippen LogP contribution in [-0.4, -0.2) is 7.11 Å². The van der Waals surface area contributed by atoms with Gasteiger partial charge in [-0.15, -0.1) is 0 Å². The van der Waals surface area contributed by atoms with E-state index < -0.39 is 11.6 Å². The lowest BCUT2D eigenvalue weighted by Crippen LogP contribution is -2.01. The van der Waals surface area contributed by atoms with Gasteiger partial charge in [0.1, 0.15) is 11.6 Å². The van der Waals surface area contributed by atoms with Gasteiger partial charge < -0.3 is 4.74 Å². The lowest BCUT2D eigenvalue weighted by molar-refractivity contribution is 0.305. The topological polar surface area (TPSA) is 9.23 Å². The van der Waals surface area contributed by atoms with Crippen molar-refractivity contribution in [2.24, 2.45) is 0 Å². The Kier molecular flexibility index (Phi) is 8.32. The molecule has 0 N–H and O–H groups in total. The Bertz CT molecular complexity index is 926. The molecule has 0 unspecified atom stereocenters. The zero-order chi connectivity index (χ0) is 21.4. The highest BCUT2D eigenvalue weighted by molar-refractivity contribution is 5.35. The largest absolute Gasteiger partial charge is 0.497 e. The second kappa shape index (κ2) is 10.7. The molecule has 0 atom stereocenters. The SMILES string of the molecule is C=C/C=C(\C=C(\F)Cc1ccc(CCc2ccc(CC)c(F)c2F)cc1C)OC. The molecular weight excluding hydrogens is 373 g/mol. The van der Waals surface area contributed by atoms with E-state index in [1.807, 2.05) is 25.1 Å². The smallest absolute Gasteiger partial charge is 0.162 e. The Balaban J connectivity index is 2.08. The van der Waals surface area contributed by atoms with E-state index in [1.54, 1.807) is 25.1 Å². The first kappa shape index (κ1) is 22.5. The van der Waals surface area contributed by atoms with Crippen LogP contribution in [0.1, 0.15) is 34.7 Å². The summed E-state index contributed by atoms with van der Waals surface area (Å²) in [6.45, 7) is 7.28. The molecule has 0 saturated heterocycles. The molecule has 0 aliphatic rings. The van der Waals surface area contributed by atoms with Crippen molar-refractivity contribution in [1.82, 2.24) is 0 Å². The third-order valence-corrected chi connectivity index (χ3v) is 4.89. The molecule has 29 heavy (non-hydrogen) atoms. The molecule has 0 aromatic heterocycles. The molecular formula is C25H27F3O. The summed E-state index contributed by atoms with van der Waals surface area (Å²) in [5, 5.41) is 0. The van der Waals surface area contributed by atoms with Crippen LogP contribution < -0.4 is 0 Å². The normalized spacial score (nSPS) is 12.2. The minimum absolute atomic E-state index is 0.155. The van der Waals surface area contributed by atoms with E-state index in [0.29, 0.717) is 36.1 Å². The van der Waals surface area contributed by atoms with E-state index >= 15 is 0 Å². The van der Waals surface area contributed by atoms with E-state index in [0.717, 1.165) is 16.7 Å². The first-order valence-corrected chi connectivity index (χ1v) is 9.66. The van der Waals surface area contributed by atoms with Gasteiger partial charge in [-0.05, 0) is 60.1 Å². The molecule has 2 aromatic rings. The first-order valence-electron chi connectivity index (χ1n) is 9.66. The summed E-state index contributed by atoms with van der Waals surface area (Å²) in [7, 11) is 1.48. The van der Waals surface area contributed by atoms with Crippen molar-refractivity contribution in [3.63, 3.8) is 0 Å². The molecule has 4 heteroatoms. The van der Waals surface area contributed by atoms with Gasteiger partial charge in [-0.25, -0.2) is 13.2 Å². The highest BCUT2D eigenvalue weighted by atomic mass is 19.2. The van der Waals surface area contributed by atoms with Crippen molar-refractivity contribution >= 4 is 0 Å². The van der Waals surface area contributed by atoms with Crippen LogP contribution in [0.25, 0.3) is 0 Å². The van der Waals surface area contributed by atoms with Gasteiger partial charge in [0.15, 0.2) is 11.6 Å². The molecule has 0 spiro atoms. The van der Waals surface area contributed by atoms with Gasteiger partial charge in [-0.1, -0.05) is 49.9 Å². The Morgan fingerprint density at radius 2 is 1.69 bits per heavy atom. The fourth-order valence-corrected chi connectivity index (χ4v) is 3.16. The number of ether oxygens (including phenoxy) is 1. The van der Waals surface area contributed by atoms with Crippen molar-refractivity contribution in [2.45, 2.75) is 39.5 Å². The van der Waals surface area contributed by atoms with E-state index in [-0.39, 0.29) is 12.2 Å². The highest BCUT2D eigenvalue weighted by Crippen LogP contribution is 2.21. The highest BCUT2D eigenvalue weighted by Gasteiger charge is 2.12. The van der Waals surface area contributed by atoms with Gasteiger partial charge in [0.25, 0.3) is 0 Å². The van der Waals surface area contributed by atoms with Crippen LogP contribution in [0.5, 0.6) is 0 Å². The van der Waals surface area contributed by atoms with Crippen LogP contribution in [-0.2, 0) is 30.4 Å². The zero-order valence-corrected chi connectivity index (χ0v) is 17.2. The van der Waals surface area contributed by atoms with Crippen LogP contribution in [0.15, 0.2) is 66.7 Å². The number of benzene rings is 2. The van der Waals surface area contributed by atoms with Gasteiger partial charge >= 0.3 is 0 Å². The number of rotatable bonds is 9. The minimum atomic E-state index is -0.758. The van der Waals surface area contributed by atoms with Crippen LogP contribution in [0, 0.1) is 18.6 Å². The molecule has 2 aromatic carbocycles. The number of hydrogen-bond acceptors (Lipinski definition) is 1. The van der Waals surface area contributed by atoms with Crippen molar-refractivity contribution in [3.05, 3.63) is 106 Å². The van der Waals surface area contributed by atoms with E-state index in [1.165, 1.54) is 19.3 Å². The van der Waals surface area contributed by atoms with Crippen molar-refractivity contribution in [3.8, 4) is 0 Å².